The molecular weight excluding hydrogens is 423 g/mol. The van der Waals surface area contributed by atoms with Gasteiger partial charge in [-0.15, -0.1) is 0 Å². The molecule has 0 heterocycles. The third-order valence-electron chi connectivity index (χ3n) is 9.47. The smallest absolute Gasteiger partial charge is 0.0703 e. The van der Waals surface area contributed by atoms with Crippen LogP contribution in [-0.2, 0) is 0 Å². The maximum atomic E-state index is 2.52. The Balaban J connectivity index is 0.00000225. The van der Waals surface area contributed by atoms with Crippen molar-refractivity contribution in [2.75, 3.05) is 6.16 Å². The van der Waals surface area contributed by atoms with Gasteiger partial charge < -0.3 is 17.0 Å². The van der Waals surface area contributed by atoms with Crippen LogP contribution < -0.4 is 17.0 Å². The van der Waals surface area contributed by atoms with E-state index < -0.39 is 7.26 Å². The van der Waals surface area contributed by atoms with Crippen molar-refractivity contribution in [1.29, 1.82) is 0 Å². The molecule has 0 unspecified atom stereocenters. The molecule has 4 aliphatic rings. The van der Waals surface area contributed by atoms with Crippen LogP contribution in [0.4, 0.5) is 0 Å². The van der Waals surface area contributed by atoms with E-state index >= 15 is 0 Å². The van der Waals surface area contributed by atoms with Crippen molar-refractivity contribution in [3.63, 3.8) is 0 Å². The first-order valence-electron chi connectivity index (χ1n) is 13.2. The maximum absolute atomic E-state index is 2.52. The molecule has 0 atom stereocenters. The Bertz CT molecular complexity index is 378. The highest BCUT2D eigenvalue weighted by molar-refractivity contribution is 7.77. The molecule has 0 saturated heterocycles. The van der Waals surface area contributed by atoms with Gasteiger partial charge >= 0.3 is 0 Å². The summed E-state index contributed by atoms with van der Waals surface area (Å²) in [5.74, 6) is 2.15. The van der Waals surface area contributed by atoms with Crippen LogP contribution in [-0.4, -0.2) is 23.1 Å². The molecule has 0 aromatic carbocycles. The molecule has 164 valence electrons. The number of hydrogen-bond acceptors (Lipinski definition) is 0. The van der Waals surface area contributed by atoms with Gasteiger partial charge in [-0.2, -0.15) is 0 Å². The van der Waals surface area contributed by atoms with Crippen molar-refractivity contribution in [2.45, 2.75) is 146 Å². The average Bonchev–Trinajstić information content (AvgIpc) is 2.75. The summed E-state index contributed by atoms with van der Waals surface area (Å²) in [6.07, 6.45) is 32.0. The summed E-state index contributed by atoms with van der Waals surface area (Å²) in [5, 5.41) is 0. The van der Waals surface area contributed by atoms with Gasteiger partial charge in [0.25, 0.3) is 0 Å². The predicted molar refractivity (Wildman–Crippen MR) is 124 cm³/mol. The standard InChI is InChI=1S/C26H48P.BrH/c1-22-17-19-23(20-18-22)21-27(24-11-5-2-6-12-24,25-13-7-3-8-14-25)26-15-9-4-10-16-26;/h22-26H,2-21H2,1H3;1H/q+1;/p-1. The zero-order chi connectivity index (χ0) is 18.5. The predicted octanol–water partition coefficient (Wildman–Crippen LogP) is 5.83. The van der Waals surface area contributed by atoms with Crippen molar-refractivity contribution >= 4 is 7.26 Å². The van der Waals surface area contributed by atoms with Gasteiger partial charge in [-0.25, -0.2) is 0 Å². The normalized spacial score (nSPS) is 32.0. The van der Waals surface area contributed by atoms with Crippen LogP contribution in [0.1, 0.15) is 129 Å². The van der Waals surface area contributed by atoms with Crippen molar-refractivity contribution in [2.24, 2.45) is 11.8 Å². The summed E-state index contributed by atoms with van der Waals surface area (Å²) in [5.41, 5.74) is 3.62. The third-order valence-corrected chi connectivity index (χ3v) is 16.3. The Hall–Kier alpha value is 0.910. The molecule has 4 saturated carbocycles. The summed E-state index contributed by atoms with van der Waals surface area (Å²) < 4.78 is 0. The first-order valence-corrected chi connectivity index (χ1v) is 15.3. The first-order chi connectivity index (χ1) is 13.3. The van der Waals surface area contributed by atoms with Gasteiger partial charge in [0.15, 0.2) is 0 Å². The average molecular weight is 472 g/mol. The van der Waals surface area contributed by atoms with Gasteiger partial charge in [-0.3, -0.25) is 0 Å². The molecule has 4 aliphatic carbocycles. The highest BCUT2D eigenvalue weighted by Crippen LogP contribution is 2.78. The monoisotopic (exact) mass is 470 g/mol. The van der Waals surface area contributed by atoms with Gasteiger partial charge in [-0.1, -0.05) is 39.0 Å². The molecule has 0 aliphatic heterocycles. The fourth-order valence-electron chi connectivity index (χ4n) is 7.99. The zero-order valence-corrected chi connectivity index (χ0v) is 21.3. The van der Waals surface area contributed by atoms with Crippen molar-refractivity contribution < 1.29 is 17.0 Å². The van der Waals surface area contributed by atoms with Gasteiger partial charge in [-0.05, 0) is 102 Å². The minimum Gasteiger partial charge on any atom is -1.00 e. The van der Waals surface area contributed by atoms with Crippen molar-refractivity contribution in [3.8, 4) is 0 Å². The molecule has 28 heavy (non-hydrogen) atoms. The summed E-state index contributed by atoms with van der Waals surface area (Å²) in [4.78, 5) is 0. The summed E-state index contributed by atoms with van der Waals surface area (Å²) >= 11 is 0. The van der Waals surface area contributed by atoms with E-state index in [2.05, 4.69) is 6.92 Å². The fraction of sp³-hybridized carbons (Fsp3) is 1.00. The van der Waals surface area contributed by atoms with Crippen LogP contribution in [0.2, 0.25) is 0 Å². The maximum Gasteiger partial charge on any atom is 0.0703 e. The molecule has 0 amide bonds. The topological polar surface area (TPSA) is 0 Å². The van der Waals surface area contributed by atoms with Crippen LogP contribution >= 0.6 is 7.26 Å². The lowest BCUT2D eigenvalue weighted by molar-refractivity contribution is -0.00000585. The first kappa shape index (κ1) is 23.6. The lowest BCUT2D eigenvalue weighted by atomic mass is 9.84. The van der Waals surface area contributed by atoms with E-state index in [-0.39, 0.29) is 17.0 Å². The van der Waals surface area contributed by atoms with Crippen LogP contribution in [0, 0.1) is 11.8 Å². The SMILES string of the molecule is CC1CCC(C[P+](C2CCCCC2)(C2CCCCC2)C2CCCCC2)CC1.[Br-]. The highest BCUT2D eigenvalue weighted by atomic mass is 79.9. The van der Waals surface area contributed by atoms with Crippen molar-refractivity contribution in [1.82, 2.24) is 0 Å². The van der Waals surface area contributed by atoms with Gasteiger partial charge in [0.05, 0.1) is 23.1 Å². The van der Waals surface area contributed by atoms with E-state index in [4.69, 9.17) is 0 Å². The molecule has 4 rings (SSSR count). The highest BCUT2D eigenvalue weighted by Gasteiger charge is 2.57. The summed E-state index contributed by atoms with van der Waals surface area (Å²) in [7, 11) is -0.811. The largest absolute Gasteiger partial charge is 1.00 e. The fourth-order valence-corrected chi connectivity index (χ4v) is 15.9. The quantitative estimate of drug-likeness (QED) is 0.443. The van der Waals surface area contributed by atoms with E-state index in [1.54, 1.807) is 128 Å². The Morgan fingerprint density at radius 3 is 1.21 bits per heavy atom. The van der Waals surface area contributed by atoms with Crippen LogP contribution in [0.25, 0.3) is 0 Å². The number of hydrogen-bond donors (Lipinski definition) is 0. The van der Waals surface area contributed by atoms with E-state index in [0.717, 1.165) is 11.8 Å². The third kappa shape index (κ3) is 5.39. The second-order valence-corrected chi connectivity index (χ2v) is 15.7. The minimum absolute atomic E-state index is 0. The summed E-state index contributed by atoms with van der Waals surface area (Å²) in [6, 6.07) is 0. The van der Waals surface area contributed by atoms with Gasteiger partial charge in [0.2, 0.25) is 0 Å². The number of rotatable bonds is 5. The number of halogens is 1. The molecular formula is C26H48BrP. The van der Waals surface area contributed by atoms with Crippen molar-refractivity contribution in [3.05, 3.63) is 0 Å². The molecule has 0 aromatic rings. The van der Waals surface area contributed by atoms with Crippen LogP contribution in [0.15, 0.2) is 0 Å². The van der Waals surface area contributed by atoms with Gasteiger partial charge in [0.1, 0.15) is 0 Å². The molecule has 0 bridgehead atoms. The zero-order valence-electron chi connectivity index (χ0n) is 18.9. The lowest BCUT2D eigenvalue weighted by Gasteiger charge is -2.50. The van der Waals surface area contributed by atoms with E-state index in [1.165, 1.54) is 17.0 Å². The molecule has 0 radical (unpaired) electrons. The van der Waals surface area contributed by atoms with Crippen LogP contribution in [0.3, 0.4) is 0 Å². The minimum atomic E-state index is -0.811. The molecule has 0 nitrogen and oxygen atoms in total. The Morgan fingerprint density at radius 1 is 0.500 bits per heavy atom. The van der Waals surface area contributed by atoms with E-state index in [9.17, 15) is 0 Å². The molecule has 4 fully saturated rings. The Kier molecular flexibility index (Phi) is 9.69. The Morgan fingerprint density at radius 2 is 0.857 bits per heavy atom. The van der Waals surface area contributed by atoms with E-state index in [1.807, 2.05) is 0 Å². The van der Waals surface area contributed by atoms with Gasteiger partial charge in [0, 0.05) is 7.26 Å². The second-order valence-electron chi connectivity index (χ2n) is 11.2. The van der Waals surface area contributed by atoms with Crippen LogP contribution in [0.5, 0.6) is 0 Å². The second kappa shape index (κ2) is 11.5. The molecule has 0 spiro atoms. The molecule has 2 heteroatoms. The Labute approximate surface area is 187 Å². The molecule has 0 aromatic heterocycles. The lowest BCUT2D eigenvalue weighted by Crippen LogP contribution is -3.00. The summed E-state index contributed by atoms with van der Waals surface area (Å²) in [6.45, 7) is 2.52. The van der Waals surface area contributed by atoms with E-state index in [0.29, 0.717) is 0 Å². The molecule has 0 N–H and O–H groups in total.